The Labute approximate surface area is 145 Å². The molecule has 0 aliphatic carbocycles. The lowest BCUT2D eigenvalue weighted by Gasteiger charge is -1.86. The van der Waals surface area contributed by atoms with Gasteiger partial charge in [-0.15, -0.1) is 0 Å². The summed E-state index contributed by atoms with van der Waals surface area (Å²) in [6, 6.07) is 7.02. The number of aliphatic hydroxyl groups is 2. The molecule has 0 bridgehead atoms. The molecule has 122 valence electrons. The van der Waals surface area contributed by atoms with Crippen LogP contribution in [0.5, 0.6) is 0 Å². The molecule has 0 amide bonds. The van der Waals surface area contributed by atoms with E-state index < -0.39 is 0 Å². The van der Waals surface area contributed by atoms with Gasteiger partial charge in [0, 0.05) is 10.0 Å². The molecule has 1 rings (SSSR count). The molecule has 0 spiro atoms. The van der Waals surface area contributed by atoms with E-state index in [1.807, 2.05) is 10.9 Å². The van der Waals surface area contributed by atoms with Crippen molar-refractivity contribution in [1.29, 1.82) is 0 Å². The van der Waals surface area contributed by atoms with Crippen molar-refractivity contribution in [2.24, 2.45) is 11.7 Å². The minimum absolute atomic E-state index is 0.384. The molecule has 6 nitrogen and oxygen atoms in total. The Morgan fingerprint density at radius 3 is 1.19 bits per heavy atom. The number of nitrogens with one attached hydrogen (secondary N) is 2. The standard InChI is InChI=1S/C6H4Cl2.C3H8.2CH4N2OS/c7-5-1-2-6(8)4-3-5;1-3-2;2*2-3-1(4)5/h1-4H;3H2,1-2H3;2*2H2,(H2,3,4,5). The van der Waals surface area contributed by atoms with Crippen LogP contribution >= 0.6 is 47.6 Å². The van der Waals surface area contributed by atoms with Gasteiger partial charge in [-0.2, -0.15) is 0 Å². The summed E-state index contributed by atoms with van der Waals surface area (Å²) in [5, 5.41) is 16.4. The van der Waals surface area contributed by atoms with Crippen LogP contribution in [0.2, 0.25) is 10.0 Å². The summed E-state index contributed by atoms with van der Waals surface area (Å²) < 4.78 is 0. The van der Waals surface area contributed by atoms with E-state index in [-0.39, 0.29) is 10.3 Å². The van der Waals surface area contributed by atoms with E-state index in [2.05, 4.69) is 50.0 Å². The average molecular weight is 375 g/mol. The van der Waals surface area contributed by atoms with Crippen LogP contribution in [0.3, 0.4) is 0 Å². The lowest BCUT2D eigenvalue weighted by atomic mass is 10.4. The topological polar surface area (TPSA) is 117 Å². The Kier molecular flexibility index (Phi) is 22.8. The van der Waals surface area contributed by atoms with Gasteiger partial charge < -0.3 is 10.2 Å². The van der Waals surface area contributed by atoms with E-state index in [4.69, 9.17) is 33.4 Å². The summed E-state index contributed by atoms with van der Waals surface area (Å²) in [6.07, 6.45) is 1.25. The molecule has 10 heteroatoms. The Morgan fingerprint density at radius 2 is 1.10 bits per heavy atom. The van der Waals surface area contributed by atoms with Crippen LogP contribution in [0.25, 0.3) is 0 Å². The molecule has 0 aromatic heterocycles. The number of hydrazine groups is 2. The van der Waals surface area contributed by atoms with E-state index >= 15 is 0 Å². The van der Waals surface area contributed by atoms with Crippen molar-refractivity contribution in [3.05, 3.63) is 34.3 Å². The van der Waals surface area contributed by atoms with Crippen molar-refractivity contribution in [1.82, 2.24) is 10.9 Å². The molecule has 0 unspecified atom stereocenters. The van der Waals surface area contributed by atoms with Gasteiger partial charge in [-0.05, 0) is 48.7 Å². The van der Waals surface area contributed by atoms with Crippen LogP contribution in [0, 0.1) is 0 Å². The summed E-state index contributed by atoms with van der Waals surface area (Å²) in [7, 11) is 0. The fourth-order valence-corrected chi connectivity index (χ4v) is 0.682. The quantitative estimate of drug-likeness (QED) is 0.233. The molecule has 0 saturated carbocycles. The molecule has 0 saturated heterocycles. The number of rotatable bonds is 0. The molecule has 1 aromatic rings. The maximum atomic E-state index is 7.86. The van der Waals surface area contributed by atoms with Gasteiger partial charge in [0.2, 0.25) is 0 Å². The number of halogens is 2. The second-order valence-corrected chi connectivity index (χ2v) is 4.69. The Balaban J connectivity index is -0.000000221. The van der Waals surface area contributed by atoms with E-state index in [1.165, 1.54) is 6.42 Å². The summed E-state index contributed by atoms with van der Waals surface area (Å²) in [5.41, 5.74) is 3.63. The van der Waals surface area contributed by atoms with Crippen molar-refractivity contribution < 1.29 is 10.2 Å². The summed E-state index contributed by atoms with van der Waals surface area (Å²) in [4.78, 5) is 0. The normalized spacial score (nSPS) is 7.52. The molecule has 8 N–H and O–H groups in total. The minimum Gasteiger partial charge on any atom is -0.486 e. The van der Waals surface area contributed by atoms with Gasteiger partial charge in [0.15, 0.2) is 0 Å². The van der Waals surface area contributed by atoms with Crippen LogP contribution in [0.4, 0.5) is 0 Å². The number of nitrogens with two attached hydrogens (primary N) is 2. The van der Waals surface area contributed by atoms with Gasteiger partial charge in [-0.25, -0.2) is 11.7 Å². The van der Waals surface area contributed by atoms with Crippen molar-refractivity contribution in [2.75, 3.05) is 0 Å². The van der Waals surface area contributed by atoms with E-state index in [1.54, 1.807) is 24.3 Å². The predicted molar refractivity (Wildman–Crippen MR) is 97.5 cm³/mol. The average Bonchev–Trinajstić information content (AvgIpc) is 2.44. The fraction of sp³-hybridized carbons (Fsp3) is 0.273. The Bertz CT molecular complexity index is 346. The van der Waals surface area contributed by atoms with Crippen molar-refractivity contribution in [3.8, 4) is 0 Å². The number of hydrogen-bond acceptors (Lipinski definition) is 4. The van der Waals surface area contributed by atoms with Gasteiger partial charge in [0.1, 0.15) is 0 Å². The van der Waals surface area contributed by atoms with Gasteiger partial charge in [-0.1, -0.05) is 43.5 Å². The van der Waals surface area contributed by atoms with Crippen molar-refractivity contribution in [2.45, 2.75) is 20.3 Å². The smallest absolute Gasteiger partial charge is 0.268 e. The van der Waals surface area contributed by atoms with Gasteiger partial charge in [0.05, 0.1) is 0 Å². The highest BCUT2D eigenvalue weighted by Crippen LogP contribution is 2.12. The highest BCUT2D eigenvalue weighted by atomic mass is 35.5. The largest absolute Gasteiger partial charge is 0.486 e. The number of aliphatic hydroxyl groups excluding tert-OH is 2. The van der Waals surface area contributed by atoms with Crippen molar-refractivity contribution >= 4 is 58.0 Å². The van der Waals surface area contributed by atoms with Gasteiger partial charge in [-0.3, -0.25) is 10.9 Å². The zero-order valence-electron chi connectivity index (χ0n) is 11.6. The minimum atomic E-state index is -0.384. The molecule has 0 fully saturated rings. The molecule has 0 heterocycles. The second-order valence-electron chi connectivity index (χ2n) is 3.04. The first-order valence-electron chi connectivity index (χ1n) is 5.55. The van der Waals surface area contributed by atoms with Gasteiger partial charge >= 0.3 is 0 Å². The summed E-state index contributed by atoms with van der Waals surface area (Å²) >= 11 is 19.1. The Hall–Kier alpha value is -0.900. The van der Waals surface area contributed by atoms with Crippen LogP contribution in [0.15, 0.2) is 24.3 Å². The summed E-state index contributed by atoms with van der Waals surface area (Å²) in [6.45, 7) is 4.25. The molecular formula is C11H20Cl2N4O2S2. The zero-order valence-corrected chi connectivity index (χ0v) is 14.8. The third-order valence-corrected chi connectivity index (χ3v) is 1.79. The van der Waals surface area contributed by atoms with E-state index in [0.717, 1.165) is 10.0 Å². The van der Waals surface area contributed by atoms with Crippen LogP contribution in [0.1, 0.15) is 20.3 Å². The number of benzene rings is 1. The predicted octanol–water partition coefficient (Wildman–Crippen LogP) is 2.99. The van der Waals surface area contributed by atoms with E-state index in [9.17, 15) is 0 Å². The highest BCUT2D eigenvalue weighted by Gasteiger charge is 1.83. The third kappa shape index (κ3) is 32.5. The Morgan fingerprint density at radius 1 is 0.952 bits per heavy atom. The van der Waals surface area contributed by atoms with E-state index in [0.29, 0.717) is 0 Å². The fourth-order valence-electron chi connectivity index (χ4n) is 0.430. The molecule has 1 aromatic carbocycles. The SMILES string of the molecule is CCC.Clc1ccc(Cl)cc1.NNC(O)=S.NNC(O)=S. The maximum Gasteiger partial charge on any atom is 0.268 e. The van der Waals surface area contributed by atoms with Crippen LogP contribution in [-0.2, 0) is 0 Å². The zero-order chi connectivity index (χ0) is 17.3. The monoisotopic (exact) mass is 374 g/mol. The second kappa shape index (κ2) is 19.1. The molecule has 0 aliphatic heterocycles. The molecule has 21 heavy (non-hydrogen) atoms. The molecule has 0 atom stereocenters. The first-order chi connectivity index (χ1) is 9.74. The maximum absolute atomic E-state index is 7.86. The molecular weight excluding hydrogens is 355 g/mol. The lowest BCUT2D eigenvalue weighted by molar-refractivity contribution is 0.534. The van der Waals surface area contributed by atoms with Gasteiger partial charge in [0.25, 0.3) is 10.3 Å². The van der Waals surface area contributed by atoms with Crippen molar-refractivity contribution in [3.63, 3.8) is 0 Å². The first kappa shape index (κ1) is 25.1. The highest BCUT2D eigenvalue weighted by molar-refractivity contribution is 7.80. The van der Waals surface area contributed by atoms with Crippen LogP contribution in [-0.4, -0.2) is 20.6 Å². The number of hydrogen-bond donors (Lipinski definition) is 6. The first-order valence-corrected chi connectivity index (χ1v) is 7.12. The summed E-state index contributed by atoms with van der Waals surface area (Å²) in [5.74, 6) is 9.06. The lowest BCUT2D eigenvalue weighted by Crippen LogP contribution is -2.27. The third-order valence-electron chi connectivity index (χ3n) is 1.05. The molecule has 0 aliphatic rings. The molecule has 0 radical (unpaired) electrons. The number of thiocarbonyl (C=S) groups is 2. The van der Waals surface area contributed by atoms with Crippen LogP contribution < -0.4 is 22.5 Å².